The maximum atomic E-state index is 14.8. The van der Waals surface area contributed by atoms with Crippen LogP contribution in [0.5, 0.6) is 5.75 Å². The van der Waals surface area contributed by atoms with Gasteiger partial charge in [0, 0.05) is 24.8 Å². The number of benzene rings is 2. The maximum Gasteiger partial charge on any atom is 0.387 e. The summed E-state index contributed by atoms with van der Waals surface area (Å²) < 4.78 is 86.1. The van der Waals surface area contributed by atoms with Crippen LogP contribution in [0.1, 0.15) is 6.42 Å². The molecule has 14 heteroatoms. The van der Waals surface area contributed by atoms with Gasteiger partial charge in [-0.25, -0.2) is 18.2 Å². The molecule has 1 aliphatic carbocycles. The number of halogens is 6. The molecule has 0 unspecified atom stereocenters. The van der Waals surface area contributed by atoms with Gasteiger partial charge >= 0.3 is 6.61 Å². The number of alkyl halides is 4. The fourth-order valence-corrected chi connectivity index (χ4v) is 5.82. The van der Waals surface area contributed by atoms with E-state index < -0.39 is 36.7 Å². The second kappa shape index (κ2) is 9.27. The zero-order valence-electron chi connectivity index (χ0n) is 20.1. The fourth-order valence-electron chi connectivity index (χ4n) is 4.53. The SMILES string of the molecule is CP(C)(=O)c1ccccc1Nc1nc(Nc2ccc(F)c(N3CC4(C3)CC4(F)F)c2OC(F)F)ncc1Cl. The molecular formula is C24H22ClF5N5O2P. The number of rotatable bonds is 8. The summed E-state index contributed by atoms with van der Waals surface area (Å²) in [5.41, 5.74) is -1.22. The molecule has 0 radical (unpaired) electrons. The standard InChI is InChI=1S/C24H22ClF5N5O2P/c1-38(2,36)17-6-4-3-5-15(17)32-20-13(25)9-31-22(34-20)33-16-8-7-14(26)18(19(16)37-21(27)28)35-11-23(12-35)10-24(23,29)30/h3-9,21H,10-12H2,1-2H3,(H2,31,32,33,34). The summed E-state index contributed by atoms with van der Waals surface area (Å²) in [6.45, 7) is -0.466. The van der Waals surface area contributed by atoms with Crippen LogP contribution in [0.4, 0.5) is 50.8 Å². The van der Waals surface area contributed by atoms with Gasteiger partial charge in [-0.05, 0) is 37.6 Å². The number of hydrogen-bond donors (Lipinski definition) is 2. The number of anilines is 5. The molecular weight excluding hydrogens is 552 g/mol. The van der Waals surface area contributed by atoms with Crippen molar-refractivity contribution in [1.29, 1.82) is 0 Å². The van der Waals surface area contributed by atoms with Gasteiger partial charge in [0.05, 0.1) is 23.0 Å². The van der Waals surface area contributed by atoms with Gasteiger partial charge in [0.2, 0.25) is 5.95 Å². The van der Waals surface area contributed by atoms with Gasteiger partial charge < -0.3 is 24.8 Å². The molecule has 0 atom stereocenters. The lowest BCUT2D eigenvalue weighted by molar-refractivity contribution is -0.0494. The first-order chi connectivity index (χ1) is 17.8. The number of aromatic nitrogens is 2. The van der Waals surface area contributed by atoms with Crippen molar-refractivity contribution in [3.63, 3.8) is 0 Å². The van der Waals surface area contributed by atoms with E-state index in [9.17, 15) is 26.5 Å². The molecule has 2 fully saturated rings. The van der Waals surface area contributed by atoms with Gasteiger partial charge in [0.15, 0.2) is 11.6 Å². The molecule has 1 saturated carbocycles. The lowest BCUT2D eigenvalue weighted by atomic mass is 9.94. The van der Waals surface area contributed by atoms with Crippen molar-refractivity contribution < 1.29 is 31.3 Å². The Morgan fingerprint density at radius 2 is 1.79 bits per heavy atom. The van der Waals surface area contributed by atoms with Crippen LogP contribution >= 0.6 is 18.7 Å². The largest absolute Gasteiger partial charge is 0.430 e. The average molecular weight is 574 g/mol. The molecule has 5 rings (SSSR count). The molecule has 202 valence electrons. The molecule has 1 spiro atoms. The highest BCUT2D eigenvalue weighted by atomic mass is 35.5. The Kier molecular flexibility index (Phi) is 6.46. The summed E-state index contributed by atoms with van der Waals surface area (Å²) in [4.78, 5) is 9.59. The van der Waals surface area contributed by atoms with Gasteiger partial charge in [-0.1, -0.05) is 23.7 Å². The van der Waals surface area contributed by atoms with Crippen molar-refractivity contribution in [3.05, 3.63) is 53.4 Å². The van der Waals surface area contributed by atoms with Gasteiger partial charge in [0.25, 0.3) is 5.92 Å². The molecule has 2 heterocycles. The lowest BCUT2D eigenvalue weighted by Gasteiger charge is -2.42. The minimum Gasteiger partial charge on any atom is -0.430 e. The van der Waals surface area contributed by atoms with Crippen LogP contribution in [0.15, 0.2) is 42.6 Å². The predicted octanol–water partition coefficient (Wildman–Crippen LogP) is 6.45. The highest BCUT2D eigenvalue weighted by molar-refractivity contribution is 7.70. The maximum absolute atomic E-state index is 14.8. The number of nitrogens with one attached hydrogen (secondary N) is 2. The minimum atomic E-state index is -3.31. The molecule has 38 heavy (non-hydrogen) atoms. The first-order valence-corrected chi connectivity index (χ1v) is 14.4. The van der Waals surface area contributed by atoms with Crippen LogP contribution in [0.3, 0.4) is 0 Å². The van der Waals surface area contributed by atoms with Gasteiger partial charge in [-0.3, -0.25) is 0 Å². The summed E-state index contributed by atoms with van der Waals surface area (Å²) >= 11 is 6.26. The average Bonchev–Trinajstić information content (AvgIpc) is 3.39. The summed E-state index contributed by atoms with van der Waals surface area (Å²) in [7, 11) is -2.66. The van der Waals surface area contributed by atoms with Crippen LogP contribution in [0.25, 0.3) is 0 Å². The number of para-hydroxylation sites is 1. The molecule has 2 N–H and O–H groups in total. The van der Waals surface area contributed by atoms with Crippen molar-refractivity contribution in [2.24, 2.45) is 5.41 Å². The van der Waals surface area contributed by atoms with E-state index in [0.29, 0.717) is 11.0 Å². The minimum absolute atomic E-state index is 0.101. The summed E-state index contributed by atoms with van der Waals surface area (Å²) in [6.07, 6.45) is 0.926. The third-order valence-electron chi connectivity index (χ3n) is 6.53. The van der Waals surface area contributed by atoms with E-state index in [-0.39, 0.29) is 47.7 Å². The summed E-state index contributed by atoms with van der Waals surface area (Å²) in [5.74, 6) is -4.29. The van der Waals surface area contributed by atoms with E-state index in [0.717, 1.165) is 12.1 Å². The van der Waals surface area contributed by atoms with Crippen molar-refractivity contribution in [2.75, 3.05) is 42.0 Å². The molecule has 0 amide bonds. The second-order valence-corrected chi connectivity index (χ2v) is 13.3. The van der Waals surface area contributed by atoms with E-state index in [2.05, 4.69) is 25.3 Å². The van der Waals surface area contributed by atoms with Crippen LogP contribution in [-0.2, 0) is 4.57 Å². The van der Waals surface area contributed by atoms with Gasteiger partial charge in [-0.2, -0.15) is 13.8 Å². The Bertz CT molecular complexity index is 1450. The van der Waals surface area contributed by atoms with Gasteiger partial charge in [-0.15, -0.1) is 0 Å². The van der Waals surface area contributed by atoms with Crippen LogP contribution < -0.4 is 25.6 Å². The Hall–Kier alpha value is -3.11. The molecule has 0 bridgehead atoms. The lowest BCUT2D eigenvalue weighted by Crippen LogP contribution is -2.52. The highest BCUT2D eigenvalue weighted by Crippen LogP contribution is 2.66. The predicted molar refractivity (Wildman–Crippen MR) is 136 cm³/mol. The zero-order valence-corrected chi connectivity index (χ0v) is 21.8. The first kappa shape index (κ1) is 26.5. The van der Waals surface area contributed by atoms with E-state index >= 15 is 0 Å². The smallest absolute Gasteiger partial charge is 0.387 e. The molecule has 2 aromatic carbocycles. The van der Waals surface area contributed by atoms with Crippen LogP contribution in [-0.4, -0.2) is 48.9 Å². The normalized spacial score (nSPS) is 17.3. The monoisotopic (exact) mass is 573 g/mol. The topological polar surface area (TPSA) is 79.4 Å². The molecule has 7 nitrogen and oxygen atoms in total. The Morgan fingerprint density at radius 1 is 1.11 bits per heavy atom. The second-order valence-electron chi connectivity index (χ2n) is 9.68. The van der Waals surface area contributed by atoms with Crippen molar-refractivity contribution in [2.45, 2.75) is 19.0 Å². The first-order valence-electron chi connectivity index (χ1n) is 11.4. The Morgan fingerprint density at radius 3 is 2.42 bits per heavy atom. The van der Waals surface area contributed by atoms with Crippen molar-refractivity contribution in [1.82, 2.24) is 9.97 Å². The Labute approximate surface area is 219 Å². The third kappa shape index (κ3) is 4.87. The number of ether oxygens (including phenoxy) is 1. The molecule has 1 saturated heterocycles. The molecule has 2 aliphatic rings. The number of nitrogens with zero attached hydrogens (tertiary/aromatic N) is 3. The van der Waals surface area contributed by atoms with Crippen molar-refractivity contribution in [3.8, 4) is 5.75 Å². The molecule has 1 aliphatic heterocycles. The fraction of sp³-hybridized carbons (Fsp3) is 0.333. The summed E-state index contributed by atoms with van der Waals surface area (Å²) in [6, 6.07) is 9.06. The third-order valence-corrected chi connectivity index (χ3v) is 8.36. The molecule has 3 aromatic rings. The molecule has 1 aromatic heterocycles. The van der Waals surface area contributed by atoms with Gasteiger partial charge in [0.1, 0.15) is 23.7 Å². The highest BCUT2D eigenvalue weighted by Gasteiger charge is 2.76. The van der Waals surface area contributed by atoms with E-state index in [1.54, 1.807) is 37.6 Å². The summed E-state index contributed by atoms with van der Waals surface area (Å²) in [5, 5.41) is 6.42. The quantitative estimate of drug-likeness (QED) is 0.237. The van der Waals surface area contributed by atoms with Crippen LogP contribution in [0, 0.1) is 11.2 Å². The Balaban J connectivity index is 1.45. The zero-order chi connectivity index (χ0) is 27.5. The van der Waals surface area contributed by atoms with E-state index in [1.165, 1.54) is 11.1 Å². The van der Waals surface area contributed by atoms with E-state index in [4.69, 9.17) is 11.6 Å². The van der Waals surface area contributed by atoms with Crippen LogP contribution in [0.2, 0.25) is 5.02 Å². The van der Waals surface area contributed by atoms with Crippen molar-refractivity contribution >= 4 is 52.9 Å². The number of hydrogen-bond acceptors (Lipinski definition) is 7. The van der Waals surface area contributed by atoms with E-state index in [1.807, 2.05) is 0 Å².